The van der Waals surface area contributed by atoms with Crippen LogP contribution in [0.5, 0.6) is 0 Å². The Bertz CT molecular complexity index is 1990. The van der Waals surface area contributed by atoms with E-state index in [1.54, 1.807) is 0 Å². The Morgan fingerprint density at radius 2 is 0.637 bits per heavy atom. The molecule has 0 aromatic heterocycles. The highest BCUT2D eigenvalue weighted by Crippen LogP contribution is 2.43. The van der Waals surface area contributed by atoms with Crippen molar-refractivity contribution >= 4 is 25.7 Å². The summed E-state index contributed by atoms with van der Waals surface area (Å²) in [5, 5.41) is 9.84. The van der Waals surface area contributed by atoms with Crippen molar-refractivity contribution in [1.29, 1.82) is 0 Å². The number of aliphatic hydroxyl groups is 1. The first kappa shape index (κ1) is 74.8. The molecule has 0 amide bonds. The Balaban J connectivity index is 4.91. The van der Waals surface area contributed by atoms with Crippen LogP contribution in [-0.2, 0) is 42.2 Å². The monoisotopic (exact) mass is 1130 g/mol. The fourth-order valence-corrected chi connectivity index (χ4v) is 7.97. The topological polar surface area (TPSA) is 155 Å². The average molecular weight is 1130 g/mol. The van der Waals surface area contributed by atoms with E-state index in [2.05, 4.69) is 179 Å². The number of aliphatic hydroxyl groups excluding tert-OH is 1. The molecule has 2 N–H and O–H groups in total. The summed E-state index contributed by atoms with van der Waals surface area (Å²) in [6.45, 7) is 4.14. The molecule has 0 heterocycles. The lowest BCUT2D eigenvalue weighted by Gasteiger charge is -2.21. The molecule has 0 aromatic rings. The van der Waals surface area contributed by atoms with E-state index in [1.807, 2.05) is 12.2 Å². The quantitative estimate of drug-likeness (QED) is 0.0197. The Morgan fingerprint density at radius 3 is 0.975 bits per heavy atom. The van der Waals surface area contributed by atoms with Gasteiger partial charge in [0.15, 0.2) is 6.10 Å². The largest absolute Gasteiger partial charge is 0.472 e. The van der Waals surface area contributed by atoms with Gasteiger partial charge >= 0.3 is 25.7 Å². The zero-order valence-electron chi connectivity index (χ0n) is 49.5. The molecule has 0 aliphatic carbocycles. The summed E-state index contributed by atoms with van der Waals surface area (Å²) in [6.07, 6.45) is 80.3. The molecular formula is C68H105O11P. The molecule has 3 atom stereocenters. The average Bonchev–Trinajstić information content (AvgIpc) is 3.45. The second-order valence-corrected chi connectivity index (χ2v) is 20.5. The van der Waals surface area contributed by atoms with Gasteiger partial charge in [-0.05, 0) is 135 Å². The van der Waals surface area contributed by atoms with Crippen molar-refractivity contribution in [3.05, 3.63) is 170 Å². The number of phosphoric ester groups is 1. The maximum atomic E-state index is 12.9. The maximum Gasteiger partial charge on any atom is 0.472 e. The lowest BCUT2D eigenvalue weighted by Crippen LogP contribution is -2.30. The highest BCUT2D eigenvalue weighted by atomic mass is 31.2. The second-order valence-electron chi connectivity index (χ2n) is 19.0. The minimum absolute atomic E-state index is 0.0835. The number of phosphoric acid groups is 1. The lowest BCUT2D eigenvalue weighted by atomic mass is 10.1. The highest BCUT2D eigenvalue weighted by Gasteiger charge is 2.28. The Morgan fingerprint density at radius 1 is 0.350 bits per heavy atom. The summed E-state index contributed by atoms with van der Waals surface area (Å²) in [6, 6.07) is 0. The van der Waals surface area contributed by atoms with E-state index < -0.39 is 64.4 Å². The fourth-order valence-electron chi connectivity index (χ4n) is 7.19. The summed E-state index contributed by atoms with van der Waals surface area (Å²) in [5.74, 6) is -1.64. The van der Waals surface area contributed by atoms with Gasteiger partial charge in [-0.25, -0.2) is 4.57 Å². The number of hydrogen-bond donors (Lipinski definition) is 2. The van der Waals surface area contributed by atoms with Crippen LogP contribution >= 0.6 is 7.82 Å². The molecule has 12 heteroatoms. The first-order chi connectivity index (χ1) is 39.2. The van der Waals surface area contributed by atoms with E-state index in [9.17, 15) is 28.9 Å². The summed E-state index contributed by atoms with van der Waals surface area (Å²) < 4.78 is 39.5. The van der Waals surface area contributed by atoms with E-state index in [0.29, 0.717) is 19.3 Å². The van der Waals surface area contributed by atoms with Gasteiger partial charge in [-0.1, -0.05) is 217 Å². The molecule has 0 bridgehead atoms. The van der Waals surface area contributed by atoms with Crippen molar-refractivity contribution in [3.8, 4) is 0 Å². The Kier molecular flexibility index (Phi) is 56.1. The molecule has 3 unspecified atom stereocenters. The van der Waals surface area contributed by atoms with Gasteiger partial charge in [-0.3, -0.25) is 23.4 Å². The van der Waals surface area contributed by atoms with Crippen LogP contribution in [0.3, 0.4) is 0 Å². The van der Waals surface area contributed by atoms with Crippen LogP contribution < -0.4 is 0 Å². The molecule has 11 nitrogen and oxygen atoms in total. The van der Waals surface area contributed by atoms with Crippen LogP contribution in [0.15, 0.2) is 170 Å². The van der Waals surface area contributed by atoms with Crippen LogP contribution in [-0.4, -0.2) is 66.5 Å². The van der Waals surface area contributed by atoms with E-state index in [0.717, 1.165) is 141 Å². The standard InChI is InChI=1S/C68H105O11P/c1-4-7-10-13-16-19-22-25-28-31-32-35-36-39-42-45-48-51-54-57-66(70)75-61-65(79-68(72)59-56-53-50-47-44-41-38-34-30-27-24-21-18-15-12-9-6-3)63-77-80(73,74)76-62-64(60-69)78-67(71)58-55-52-49-46-43-40-37-33-29-26-23-20-17-14-11-8-5-2/h7-12,16-21,25-30,32,35,37-42,48,51,64-65,69H,4-6,13-15,22-24,31,33-34,36,43-47,49-50,52-63H2,1-3H3,(H,73,74)/b10-7-,11-8-,12-9-,19-16-,20-17-,21-18-,28-25-,29-26-,30-27-,35-32-,40-37-,41-38-,42-39-,51-48-. The first-order valence-electron chi connectivity index (χ1n) is 30.0. The van der Waals surface area contributed by atoms with Crippen molar-refractivity contribution in [2.24, 2.45) is 0 Å². The van der Waals surface area contributed by atoms with Gasteiger partial charge in [0.2, 0.25) is 0 Å². The number of hydrogen-bond acceptors (Lipinski definition) is 10. The molecular weight excluding hydrogens is 1020 g/mol. The number of carbonyl (C=O) groups is 3. The van der Waals surface area contributed by atoms with Gasteiger partial charge in [0.25, 0.3) is 0 Å². The van der Waals surface area contributed by atoms with Crippen molar-refractivity contribution in [2.75, 3.05) is 26.4 Å². The third-order valence-electron chi connectivity index (χ3n) is 11.6. The van der Waals surface area contributed by atoms with E-state index in [4.69, 9.17) is 23.3 Å². The molecule has 0 rings (SSSR count). The van der Waals surface area contributed by atoms with Gasteiger partial charge in [0, 0.05) is 19.3 Å². The molecule has 0 aromatic carbocycles. The Hall–Kier alpha value is -5.16. The minimum atomic E-state index is -4.80. The lowest BCUT2D eigenvalue weighted by molar-refractivity contribution is -0.161. The fraction of sp³-hybridized carbons (Fsp3) is 0.544. The number of carbonyl (C=O) groups excluding carboxylic acids is 3. The van der Waals surface area contributed by atoms with Crippen LogP contribution in [0.2, 0.25) is 0 Å². The number of unbranched alkanes of at least 4 members (excludes halogenated alkanes) is 8. The van der Waals surface area contributed by atoms with Gasteiger partial charge in [0.05, 0.1) is 19.8 Å². The number of rotatable bonds is 53. The van der Waals surface area contributed by atoms with E-state index >= 15 is 0 Å². The first-order valence-corrected chi connectivity index (χ1v) is 31.5. The third kappa shape index (κ3) is 57.5. The summed E-state index contributed by atoms with van der Waals surface area (Å²) in [7, 11) is -4.80. The molecule has 0 aliphatic rings. The van der Waals surface area contributed by atoms with Gasteiger partial charge in [-0.15, -0.1) is 0 Å². The molecule has 0 fully saturated rings. The summed E-state index contributed by atoms with van der Waals surface area (Å²) in [4.78, 5) is 48.6. The normalized spacial score (nSPS) is 14.5. The molecule has 0 aliphatic heterocycles. The zero-order chi connectivity index (χ0) is 58.3. The van der Waals surface area contributed by atoms with Crippen molar-refractivity contribution in [2.45, 2.75) is 213 Å². The van der Waals surface area contributed by atoms with Gasteiger partial charge in [-0.2, -0.15) is 0 Å². The SMILES string of the molecule is CC/C=C\C/C=C\C/C=C\C/C=C\C/C=C\C/C=C\CCC(=O)OCC(COP(=O)(O)OCC(CO)OC(=O)CCCCCC/C=C\C/C=C\C/C=C\C/C=C\CC)OC(=O)CCCCCC/C=C\C/C=C\C/C=C\C/C=C\CC. The molecule has 0 saturated heterocycles. The summed E-state index contributed by atoms with van der Waals surface area (Å²) >= 11 is 0. The number of allylic oxidation sites excluding steroid dienone is 28. The van der Waals surface area contributed by atoms with Gasteiger partial charge in [0.1, 0.15) is 12.7 Å². The molecule has 0 saturated carbocycles. The summed E-state index contributed by atoms with van der Waals surface area (Å²) in [5.41, 5.74) is 0. The van der Waals surface area contributed by atoms with Crippen LogP contribution in [0.4, 0.5) is 0 Å². The third-order valence-corrected chi connectivity index (χ3v) is 12.6. The molecule has 448 valence electrons. The van der Waals surface area contributed by atoms with Crippen molar-refractivity contribution < 1.29 is 52.2 Å². The number of ether oxygens (including phenoxy) is 3. The van der Waals surface area contributed by atoms with Gasteiger partial charge < -0.3 is 24.2 Å². The molecule has 0 spiro atoms. The maximum absolute atomic E-state index is 12.9. The zero-order valence-corrected chi connectivity index (χ0v) is 50.4. The van der Waals surface area contributed by atoms with E-state index in [-0.39, 0.29) is 19.3 Å². The Labute approximate surface area is 485 Å². The molecule has 0 radical (unpaired) electrons. The van der Waals surface area contributed by atoms with Crippen molar-refractivity contribution in [1.82, 2.24) is 0 Å². The predicted octanol–water partition coefficient (Wildman–Crippen LogP) is 18.2. The molecule has 80 heavy (non-hydrogen) atoms. The van der Waals surface area contributed by atoms with Crippen LogP contribution in [0.1, 0.15) is 201 Å². The smallest absolute Gasteiger partial charge is 0.462 e. The second kappa shape index (κ2) is 59.9. The van der Waals surface area contributed by atoms with Crippen LogP contribution in [0, 0.1) is 0 Å². The minimum Gasteiger partial charge on any atom is -0.462 e. The van der Waals surface area contributed by atoms with E-state index in [1.165, 1.54) is 0 Å². The highest BCUT2D eigenvalue weighted by molar-refractivity contribution is 7.47. The van der Waals surface area contributed by atoms with Crippen LogP contribution in [0.25, 0.3) is 0 Å². The van der Waals surface area contributed by atoms with Crippen molar-refractivity contribution in [3.63, 3.8) is 0 Å². The predicted molar refractivity (Wildman–Crippen MR) is 334 cm³/mol. The number of esters is 3.